The van der Waals surface area contributed by atoms with Crippen LogP contribution in [0.4, 0.5) is 0 Å². The maximum Gasteiger partial charge on any atom is 0.237 e. The second-order valence-corrected chi connectivity index (χ2v) is 8.11. The van der Waals surface area contributed by atoms with Crippen LogP contribution in [0.5, 0.6) is 0 Å². The summed E-state index contributed by atoms with van der Waals surface area (Å²) in [6.07, 6.45) is 5.80. The average Bonchev–Trinajstić information content (AvgIpc) is 2.82. The van der Waals surface area contributed by atoms with Gasteiger partial charge in [0, 0.05) is 18.3 Å². The van der Waals surface area contributed by atoms with Crippen molar-refractivity contribution >= 4 is 15.7 Å². The number of fused-ring (bicyclic) bond motifs is 1. The number of hydrogen-bond donors (Lipinski definition) is 2. The minimum Gasteiger partial charge on any atom is -0.354 e. The zero-order chi connectivity index (χ0) is 13.9. The normalized spacial score (nSPS) is 30.9. The summed E-state index contributed by atoms with van der Waals surface area (Å²) in [6.45, 7) is 1.85. The Morgan fingerprint density at radius 1 is 1.32 bits per heavy atom. The fraction of sp³-hybridized carbons (Fsp3) is 0.923. The van der Waals surface area contributed by atoms with Crippen LogP contribution < -0.4 is 10.6 Å². The summed E-state index contributed by atoms with van der Waals surface area (Å²) in [4.78, 5) is 12.0. The van der Waals surface area contributed by atoms with Crippen molar-refractivity contribution in [3.8, 4) is 0 Å². The number of sulfone groups is 1. The van der Waals surface area contributed by atoms with Gasteiger partial charge in [0.2, 0.25) is 5.91 Å². The Balaban J connectivity index is 1.75. The van der Waals surface area contributed by atoms with Gasteiger partial charge in [0.25, 0.3) is 0 Å². The molecule has 0 spiro atoms. The van der Waals surface area contributed by atoms with E-state index in [1.807, 2.05) is 0 Å². The summed E-state index contributed by atoms with van der Waals surface area (Å²) in [6, 6.07) is 0.362. The summed E-state index contributed by atoms with van der Waals surface area (Å²) in [7, 11) is -2.99. The molecule has 0 bridgehead atoms. The molecular weight excluding hydrogens is 264 g/mol. The van der Waals surface area contributed by atoms with Crippen LogP contribution in [-0.4, -0.2) is 44.5 Å². The second kappa shape index (κ2) is 6.22. The van der Waals surface area contributed by atoms with Crippen molar-refractivity contribution in [3.63, 3.8) is 0 Å². The van der Waals surface area contributed by atoms with E-state index in [1.165, 1.54) is 25.7 Å². The number of rotatable bonds is 5. The van der Waals surface area contributed by atoms with Crippen LogP contribution in [0.3, 0.4) is 0 Å². The van der Waals surface area contributed by atoms with Gasteiger partial charge in [-0.1, -0.05) is 19.8 Å². The van der Waals surface area contributed by atoms with Gasteiger partial charge in [-0.2, -0.15) is 0 Å². The molecule has 0 aromatic heterocycles. The van der Waals surface area contributed by atoms with E-state index in [-0.39, 0.29) is 30.0 Å². The van der Waals surface area contributed by atoms with E-state index in [1.54, 1.807) is 6.92 Å². The lowest BCUT2D eigenvalue weighted by atomic mass is 9.85. The Labute approximate surface area is 115 Å². The van der Waals surface area contributed by atoms with E-state index in [0.29, 0.717) is 12.0 Å². The Morgan fingerprint density at radius 3 is 2.74 bits per heavy atom. The van der Waals surface area contributed by atoms with Gasteiger partial charge in [0.1, 0.15) is 0 Å². The Kier molecular flexibility index (Phi) is 4.84. The van der Waals surface area contributed by atoms with E-state index in [2.05, 4.69) is 10.6 Å². The van der Waals surface area contributed by atoms with Crippen LogP contribution in [-0.2, 0) is 14.6 Å². The van der Waals surface area contributed by atoms with Crippen molar-refractivity contribution in [1.29, 1.82) is 0 Å². The fourth-order valence-electron chi connectivity index (χ4n) is 3.12. The molecule has 3 atom stereocenters. The minimum atomic E-state index is -2.99. The van der Waals surface area contributed by atoms with Crippen molar-refractivity contribution in [2.75, 3.05) is 18.1 Å². The van der Waals surface area contributed by atoms with E-state index < -0.39 is 9.84 Å². The highest BCUT2D eigenvalue weighted by Gasteiger charge is 2.37. The molecule has 0 aromatic rings. The molecule has 2 aliphatic rings. The van der Waals surface area contributed by atoms with E-state index >= 15 is 0 Å². The molecule has 2 fully saturated rings. The quantitative estimate of drug-likeness (QED) is 0.770. The Bertz CT molecular complexity index is 408. The zero-order valence-corrected chi connectivity index (χ0v) is 12.3. The number of carbonyl (C=O) groups is 1. The van der Waals surface area contributed by atoms with Crippen LogP contribution >= 0.6 is 0 Å². The highest BCUT2D eigenvalue weighted by molar-refractivity contribution is 7.91. The number of hydrogen-bond acceptors (Lipinski definition) is 4. The average molecular weight is 288 g/mol. The predicted molar refractivity (Wildman–Crippen MR) is 74.6 cm³/mol. The molecule has 2 N–H and O–H groups in total. The number of carbonyl (C=O) groups excluding carboxylic acids is 1. The molecule has 1 heterocycles. The van der Waals surface area contributed by atoms with Crippen LogP contribution in [0.1, 0.15) is 39.0 Å². The summed E-state index contributed by atoms with van der Waals surface area (Å²) in [5.41, 5.74) is 0. The maximum absolute atomic E-state index is 12.0. The molecule has 6 heteroatoms. The molecule has 5 nitrogen and oxygen atoms in total. The van der Waals surface area contributed by atoms with Crippen molar-refractivity contribution in [3.05, 3.63) is 0 Å². The predicted octanol–water partition coefficient (Wildman–Crippen LogP) is 0.458. The fourth-order valence-corrected chi connectivity index (χ4v) is 3.82. The SMILES string of the molecule is CCS(=O)(=O)CCNC(=O)C1CC2CCCCC2N1. The second-order valence-electron chi connectivity index (χ2n) is 5.63. The summed E-state index contributed by atoms with van der Waals surface area (Å²) < 4.78 is 22.7. The van der Waals surface area contributed by atoms with Crippen LogP contribution in [0.15, 0.2) is 0 Å². The third-order valence-electron chi connectivity index (χ3n) is 4.33. The molecule has 0 radical (unpaired) electrons. The molecule has 1 saturated carbocycles. The molecule has 1 saturated heterocycles. The first-order valence-corrected chi connectivity index (χ1v) is 9.08. The lowest BCUT2D eigenvalue weighted by Gasteiger charge is -2.24. The first kappa shape index (κ1) is 14.8. The molecule has 1 aliphatic carbocycles. The Morgan fingerprint density at radius 2 is 2.05 bits per heavy atom. The van der Waals surface area contributed by atoms with Gasteiger partial charge in [0.05, 0.1) is 11.8 Å². The number of nitrogens with one attached hydrogen (secondary N) is 2. The number of amides is 1. The standard InChI is InChI=1S/C13H24N2O3S/c1-2-19(17,18)8-7-14-13(16)12-9-10-5-3-4-6-11(10)15-12/h10-12,15H,2-9H2,1H3,(H,14,16). The molecule has 3 unspecified atom stereocenters. The van der Waals surface area contributed by atoms with E-state index in [4.69, 9.17) is 0 Å². The lowest BCUT2D eigenvalue weighted by Crippen LogP contribution is -2.44. The summed E-state index contributed by atoms with van der Waals surface area (Å²) >= 11 is 0. The Hall–Kier alpha value is -0.620. The van der Waals surface area contributed by atoms with Crippen LogP contribution in [0.25, 0.3) is 0 Å². The third kappa shape index (κ3) is 3.92. The van der Waals surface area contributed by atoms with Crippen molar-refractivity contribution in [1.82, 2.24) is 10.6 Å². The van der Waals surface area contributed by atoms with Gasteiger partial charge in [-0.25, -0.2) is 8.42 Å². The van der Waals surface area contributed by atoms with Gasteiger partial charge in [-0.15, -0.1) is 0 Å². The van der Waals surface area contributed by atoms with Crippen LogP contribution in [0, 0.1) is 5.92 Å². The molecule has 110 valence electrons. The van der Waals surface area contributed by atoms with Crippen molar-refractivity contribution in [2.45, 2.75) is 51.1 Å². The molecule has 19 heavy (non-hydrogen) atoms. The largest absolute Gasteiger partial charge is 0.354 e. The third-order valence-corrected chi connectivity index (χ3v) is 6.04. The molecule has 0 aromatic carbocycles. The minimum absolute atomic E-state index is 0.0365. The monoisotopic (exact) mass is 288 g/mol. The summed E-state index contributed by atoms with van der Waals surface area (Å²) in [5.74, 6) is 0.758. The molecule has 1 amide bonds. The maximum atomic E-state index is 12.0. The topological polar surface area (TPSA) is 75.3 Å². The van der Waals surface area contributed by atoms with Gasteiger partial charge >= 0.3 is 0 Å². The van der Waals surface area contributed by atoms with Gasteiger partial charge in [-0.3, -0.25) is 4.79 Å². The van der Waals surface area contributed by atoms with Crippen molar-refractivity contribution in [2.24, 2.45) is 5.92 Å². The highest BCUT2D eigenvalue weighted by atomic mass is 32.2. The smallest absolute Gasteiger partial charge is 0.237 e. The highest BCUT2D eigenvalue weighted by Crippen LogP contribution is 2.33. The van der Waals surface area contributed by atoms with Crippen molar-refractivity contribution < 1.29 is 13.2 Å². The lowest BCUT2D eigenvalue weighted by molar-refractivity contribution is -0.122. The van der Waals surface area contributed by atoms with E-state index in [9.17, 15) is 13.2 Å². The van der Waals surface area contributed by atoms with Gasteiger partial charge in [0.15, 0.2) is 9.84 Å². The van der Waals surface area contributed by atoms with Gasteiger partial charge in [-0.05, 0) is 25.2 Å². The molecule has 2 rings (SSSR count). The van der Waals surface area contributed by atoms with Crippen LogP contribution in [0.2, 0.25) is 0 Å². The molecule has 1 aliphatic heterocycles. The summed E-state index contributed by atoms with van der Waals surface area (Å²) in [5, 5.41) is 6.14. The zero-order valence-electron chi connectivity index (χ0n) is 11.5. The first-order valence-electron chi connectivity index (χ1n) is 7.26. The first-order chi connectivity index (χ1) is 9.02. The van der Waals surface area contributed by atoms with Gasteiger partial charge < -0.3 is 10.6 Å². The molecular formula is C13H24N2O3S. The van der Waals surface area contributed by atoms with E-state index in [0.717, 1.165) is 6.42 Å².